The molecule has 0 heterocycles. The van der Waals surface area contributed by atoms with Crippen LogP contribution >= 0.6 is 0 Å². The average molecular weight is 319 g/mol. The van der Waals surface area contributed by atoms with Gasteiger partial charge in [-0.3, -0.25) is 0 Å². The van der Waals surface area contributed by atoms with E-state index in [0.29, 0.717) is 23.5 Å². The fraction of sp³-hybridized carbons (Fsp3) is 0.294. The first-order chi connectivity index (χ1) is 11.0. The van der Waals surface area contributed by atoms with Crippen molar-refractivity contribution in [3.05, 3.63) is 48.6 Å². The van der Waals surface area contributed by atoms with Crippen LogP contribution in [-0.2, 0) is 16.0 Å². The van der Waals surface area contributed by atoms with E-state index in [9.17, 15) is 9.59 Å². The van der Waals surface area contributed by atoms with Gasteiger partial charge < -0.3 is 19.5 Å². The molecule has 0 bridgehead atoms. The van der Waals surface area contributed by atoms with E-state index in [-0.39, 0.29) is 13.2 Å². The molecule has 6 heteroatoms. The molecule has 1 aromatic rings. The first-order valence-corrected chi connectivity index (χ1v) is 7.04. The molecular formula is C17H21NO5. The van der Waals surface area contributed by atoms with Crippen LogP contribution < -0.4 is 14.8 Å². The third-order valence-corrected chi connectivity index (χ3v) is 2.76. The molecule has 0 atom stereocenters. The lowest BCUT2D eigenvalue weighted by molar-refractivity contribution is -0.138. The van der Waals surface area contributed by atoms with E-state index < -0.39 is 12.1 Å². The van der Waals surface area contributed by atoms with Crippen LogP contribution in [-0.4, -0.2) is 32.3 Å². The molecule has 1 amide bonds. The zero-order valence-electron chi connectivity index (χ0n) is 13.4. The number of carbonyl (C=O) groups excluding carboxylic acids is 2. The molecule has 1 rings (SSSR count). The molecule has 124 valence electrons. The van der Waals surface area contributed by atoms with Gasteiger partial charge in [0.25, 0.3) is 0 Å². The summed E-state index contributed by atoms with van der Waals surface area (Å²) in [7, 11) is 1.49. The minimum atomic E-state index is -0.661. The maximum Gasteiger partial charge on any atom is 0.412 e. The van der Waals surface area contributed by atoms with Gasteiger partial charge in [0, 0.05) is 5.57 Å². The number of esters is 1. The molecule has 0 spiro atoms. The number of carbonyl (C=O) groups is 2. The Morgan fingerprint density at radius 2 is 2.04 bits per heavy atom. The van der Waals surface area contributed by atoms with Crippen LogP contribution in [0, 0.1) is 0 Å². The predicted octanol–water partition coefficient (Wildman–Crippen LogP) is 2.63. The Morgan fingerprint density at radius 1 is 1.30 bits per heavy atom. The van der Waals surface area contributed by atoms with Crippen LogP contribution in [0.1, 0.15) is 12.5 Å². The second kappa shape index (κ2) is 9.30. The van der Waals surface area contributed by atoms with Crippen LogP contribution in [0.3, 0.4) is 0 Å². The Hall–Kier alpha value is -2.76. The number of hydrogen-bond acceptors (Lipinski definition) is 5. The van der Waals surface area contributed by atoms with Crippen molar-refractivity contribution < 1.29 is 23.8 Å². The van der Waals surface area contributed by atoms with E-state index in [0.717, 1.165) is 5.56 Å². The van der Waals surface area contributed by atoms with Crippen molar-refractivity contribution >= 4 is 12.1 Å². The number of amides is 1. The molecule has 0 aliphatic carbocycles. The fourth-order valence-corrected chi connectivity index (χ4v) is 1.65. The molecule has 0 saturated carbocycles. The highest BCUT2D eigenvalue weighted by atomic mass is 16.6. The molecule has 0 fully saturated rings. The van der Waals surface area contributed by atoms with E-state index in [4.69, 9.17) is 14.2 Å². The second-order valence-corrected chi connectivity index (χ2v) is 4.71. The van der Waals surface area contributed by atoms with E-state index >= 15 is 0 Å². The van der Waals surface area contributed by atoms with Gasteiger partial charge in [-0.05, 0) is 31.0 Å². The standard InChI is InChI=1S/C17H21NO5/c1-5-6-13-7-8-14(15(11-13)21-4)23-17(20)18-9-10-22-16(19)12(2)3/h5,7-8,11H,1-2,6,9-10H2,3-4H3,(H,18,20). The van der Waals surface area contributed by atoms with Gasteiger partial charge in [-0.15, -0.1) is 6.58 Å². The molecule has 1 N–H and O–H groups in total. The highest BCUT2D eigenvalue weighted by Gasteiger charge is 2.10. The molecule has 1 aromatic carbocycles. The first kappa shape index (κ1) is 18.3. The van der Waals surface area contributed by atoms with Gasteiger partial charge in [0.15, 0.2) is 11.5 Å². The summed E-state index contributed by atoms with van der Waals surface area (Å²) in [5.74, 6) is 0.254. The second-order valence-electron chi connectivity index (χ2n) is 4.71. The molecule has 0 aliphatic rings. The van der Waals surface area contributed by atoms with Crippen molar-refractivity contribution in [2.45, 2.75) is 13.3 Å². The van der Waals surface area contributed by atoms with Crippen LogP contribution in [0.15, 0.2) is 43.0 Å². The molecule has 0 aliphatic heterocycles. The number of ether oxygens (including phenoxy) is 3. The number of hydrogen-bond donors (Lipinski definition) is 1. The number of benzene rings is 1. The summed E-state index contributed by atoms with van der Waals surface area (Å²) in [6, 6.07) is 5.25. The summed E-state index contributed by atoms with van der Waals surface area (Å²) < 4.78 is 15.2. The lowest BCUT2D eigenvalue weighted by Crippen LogP contribution is -2.30. The van der Waals surface area contributed by atoms with E-state index in [1.165, 1.54) is 7.11 Å². The van der Waals surface area contributed by atoms with Crippen molar-refractivity contribution in [1.82, 2.24) is 5.32 Å². The lowest BCUT2D eigenvalue weighted by Gasteiger charge is -2.11. The van der Waals surface area contributed by atoms with E-state index in [1.54, 1.807) is 25.1 Å². The molecule has 6 nitrogen and oxygen atoms in total. The number of allylic oxidation sites excluding steroid dienone is 1. The highest BCUT2D eigenvalue weighted by Crippen LogP contribution is 2.28. The van der Waals surface area contributed by atoms with Gasteiger partial charge in [0.05, 0.1) is 13.7 Å². The van der Waals surface area contributed by atoms with E-state index in [2.05, 4.69) is 18.5 Å². The summed E-state index contributed by atoms with van der Waals surface area (Å²) in [6.07, 6.45) is 1.80. The van der Waals surface area contributed by atoms with Gasteiger partial charge >= 0.3 is 12.1 Å². The van der Waals surface area contributed by atoms with Crippen LogP contribution in [0.25, 0.3) is 0 Å². The third-order valence-electron chi connectivity index (χ3n) is 2.76. The maximum absolute atomic E-state index is 11.7. The van der Waals surface area contributed by atoms with Crippen molar-refractivity contribution in [2.24, 2.45) is 0 Å². The lowest BCUT2D eigenvalue weighted by atomic mass is 10.1. The highest BCUT2D eigenvalue weighted by molar-refractivity contribution is 5.86. The summed E-state index contributed by atoms with van der Waals surface area (Å²) in [6.45, 7) is 8.85. The van der Waals surface area contributed by atoms with Gasteiger partial charge in [0.2, 0.25) is 0 Å². The third kappa shape index (κ3) is 6.25. The number of methoxy groups -OCH3 is 1. The SMILES string of the molecule is C=CCc1ccc(OC(=O)NCCOC(=O)C(=C)C)c(OC)c1. The zero-order valence-corrected chi connectivity index (χ0v) is 13.4. The van der Waals surface area contributed by atoms with Gasteiger partial charge in [-0.2, -0.15) is 0 Å². The summed E-state index contributed by atoms with van der Waals surface area (Å²) in [5, 5.41) is 2.48. The Morgan fingerprint density at radius 3 is 2.65 bits per heavy atom. The van der Waals surface area contributed by atoms with E-state index in [1.807, 2.05) is 6.07 Å². The molecule has 0 radical (unpaired) electrons. The average Bonchev–Trinajstić information content (AvgIpc) is 2.52. The molecule has 0 aromatic heterocycles. The number of nitrogens with one attached hydrogen (secondary N) is 1. The summed E-state index contributed by atoms with van der Waals surface area (Å²) in [4.78, 5) is 22.9. The minimum Gasteiger partial charge on any atom is -0.493 e. The van der Waals surface area contributed by atoms with Crippen molar-refractivity contribution in [2.75, 3.05) is 20.3 Å². The van der Waals surface area contributed by atoms with Gasteiger partial charge in [-0.1, -0.05) is 18.7 Å². The minimum absolute atomic E-state index is 0.0379. The monoisotopic (exact) mass is 319 g/mol. The Bertz CT molecular complexity index is 595. The Labute approximate surface area is 135 Å². The van der Waals surface area contributed by atoms with Crippen molar-refractivity contribution in [1.29, 1.82) is 0 Å². The van der Waals surface area contributed by atoms with Crippen molar-refractivity contribution in [3.8, 4) is 11.5 Å². The molecular weight excluding hydrogens is 298 g/mol. The summed E-state index contributed by atoms with van der Waals surface area (Å²) >= 11 is 0. The van der Waals surface area contributed by atoms with Gasteiger partial charge in [-0.25, -0.2) is 9.59 Å². The largest absolute Gasteiger partial charge is 0.493 e. The normalized spacial score (nSPS) is 9.65. The number of rotatable bonds is 8. The van der Waals surface area contributed by atoms with Crippen molar-refractivity contribution in [3.63, 3.8) is 0 Å². The molecule has 23 heavy (non-hydrogen) atoms. The van der Waals surface area contributed by atoms with Gasteiger partial charge in [0.1, 0.15) is 6.61 Å². The molecule has 0 unspecified atom stereocenters. The first-order valence-electron chi connectivity index (χ1n) is 7.04. The quantitative estimate of drug-likeness (QED) is 0.345. The fourth-order valence-electron chi connectivity index (χ4n) is 1.65. The van der Waals surface area contributed by atoms with Crippen LogP contribution in [0.4, 0.5) is 4.79 Å². The maximum atomic E-state index is 11.7. The van der Waals surface area contributed by atoms with Crippen LogP contribution in [0.2, 0.25) is 0 Å². The topological polar surface area (TPSA) is 73.9 Å². The summed E-state index contributed by atoms with van der Waals surface area (Å²) in [5.41, 5.74) is 1.30. The Kier molecular flexibility index (Phi) is 7.39. The smallest absolute Gasteiger partial charge is 0.412 e. The van der Waals surface area contributed by atoms with Crippen LogP contribution in [0.5, 0.6) is 11.5 Å². The predicted molar refractivity (Wildman–Crippen MR) is 86.7 cm³/mol. The molecule has 0 saturated heterocycles. The Balaban J connectivity index is 2.49. The zero-order chi connectivity index (χ0) is 17.2.